The summed E-state index contributed by atoms with van der Waals surface area (Å²) in [6.45, 7) is 2.32. The van der Waals surface area contributed by atoms with Gasteiger partial charge in [0.2, 0.25) is 0 Å². The van der Waals surface area contributed by atoms with Crippen LogP contribution in [0.25, 0.3) is 0 Å². The number of likely N-dealkylation sites (tertiary alicyclic amines) is 1. The Bertz CT molecular complexity index is 1170. The number of fused-ring (bicyclic) bond motifs is 1. The number of hydrogen-bond acceptors (Lipinski definition) is 6. The first-order valence-corrected chi connectivity index (χ1v) is 14.4. The van der Waals surface area contributed by atoms with Gasteiger partial charge in [0.1, 0.15) is 17.6 Å². The van der Waals surface area contributed by atoms with Gasteiger partial charge in [-0.3, -0.25) is 9.69 Å². The van der Waals surface area contributed by atoms with Crippen molar-refractivity contribution in [3.63, 3.8) is 0 Å². The van der Waals surface area contributed by atoms with E-state index in [9.17, 15) is 23.1 Å². The number of benzene rings is 1. The van der Waals surface area contributed by atoms with Gasteiger partial charge >= 0.3 is 12.3 Å². The van der Waals surface area contributed by atoms with Gasteiger partial charge in [0.25, 0.3) is 0 Å². The van der Waals surface area contributed by atoms with Crippen molar-refractivity contribution in [2.75, 3.05) is 31.6 Å². The van der Waals surface area contributed by atoms with Gasteiger partial charge < -0.3 is 19.9 Å². The fraction of sp³-hybridized carbons (Fsp3) is 0.600. The molecule has 3 aliphatic rings. The normalized spacial score (nSPS) is 20.1. The van der Waals surface area contributed by atoms with E-state index in [1.807, 2.05) is 0 Å². The first kappa shape index (κ1) is 28.7. The largest absolute Gasteiger partial charge is 0.573 e. The number of ether oxygens (including phenoxy) is 2. The molecule has 0 bridgehead atoms. The van der Waals surface area contributed by atoms with Gasteiger partial charge in [-0.25, -0.2) is 4.98 Å². The first-order valence-electron chi connectivity index (χ1n) is 14.4. The molecule has 218 valence electrons. The molecule has 40 heavy (non-hydrogen) atoms. The van der Waals surface area contributed by atoms with E-state index in [4.69, 9.17) is 9.72 Å². The first-order chi connectivity index (χ1) is 19.2. The van der Waals surface area contributed by atoms with Crippen LogP contribution < -0.4 is 10.1 Å². The molecule has 0 radical (unpaired) electrons. The van der Waals surface area contributed by atoms with Crippen molar-refractivity contribution in [2.45, 2.75) is 82.7 Å². The molecule has 5 rings (SSSR count). The molecule has 0 spiro atoms. The van der Waals surface area contributed by atoms with Crippen molar-refractivity contribution in [1.82, 2.24) is 9.88 Å². The molecule has 2 aromatic rings. The number of anilines is 1. The number of alkyl halides is 3. The fourth-order valence-corrected chi connectivity index (χ4v) is 5.76. The summed E-state index contributed by atoms with van der Waals surface area (Å²) in [6, 6.07) is 7.50. The van der Waals surface area contributed by atoms with Crippen molar-refractivity contribution < 1.29 is 32.5 Å². The van der Waals surface area contributed by atoms with Crippen molar-refractivity contribution in [3.8, 4) is 5.75 Å². The summed E-state index contributed by atoms with van der Waals surface area (Å²) in [6.07, 6.45) is 4.50. The Balaban J connectivity index is 1.11. The second-order valence-electron chi connectivity index (χ2n) is 11.2. The third-order valence-electron chi connectivity index (χ3n) is 7.97. The van der Waals surface area contributed by atoms with E-state index in [1.54, 1.807) is 17.0 Å². The van der Waals surface area contributed by atoms with Crippen molar-refractivity contribution in [3.05, 3.63) is 52.7 Å². The molecule has 3 heterocycles. The standard InChI is InChI=1S/C30H38F3N3O4/c31-30(32,33)40-26-12-9-21(17-20-7-8-20)18-25(26)27(29(37)38)36-15-13-24(19-36)39-16-3-1-2-6-23-11-10-22-5-4-14-34-28(22)35-23/h9-12,18,20,24,27H,1-8,13-17,19H2,(H,34,35)(H,37,38)/t24-,27+/m1/s1. The number of rotatable bonds is 13. The van der Waals surface area contributed by atoms with E-state index < -0.39 is 24.1 Å². The van der Waals surface area contributed by atoms with Crippen LogP contribution in [0.3, 0.4) is 0 Å². The van der Waals surface area contributed by atoms with Gasteiger partial charge in [-0.2, -0.15) is 0 Å². The van der Waals surface area contributed by atoms with E-state index >= 15 is 0 Å². The summed E-state index contributed by atoms with van der Waals surface area (Å²) in [5.41, 5.74) is 3.27. The number of halogens is 3. The Morgan fingerprint density at radius 3 is 2.77 bits per heavy atom. The minimum absolute atomic E-state index is 0.0506. The van der Waals surface area contributed by atoms with E-state index in [0.29, 0.717) is 32.0 Å². The van der Waals surface area contributed by atoms with Crippen LogP contribution in [0.5, 0.6) is 5.75 Å². The second kappa shape index (κ2) is 12.8. The number of hydrogen-bond donors (Lipinski definition) is 2. The lowest BCUT2D eigenvalue weighted by Crippen LogP contribution is -2.34. The number of aromatic nitrogens is 1. The Morgan fingerprint density at radius 1 is 1.15 bits per heavy atom. The number of nitrogens with one attached hydrogen (secondary N) is 1. The predicted molar refractivity (Wildman–Crippen MR) is 144 cm³/mol. The Kier molecular flexibility index (Phi) is 9.15. The molecule has 1 aliphatic carbocycles. The molecule has 1 saturated carbocycles. The molecule has 1 saturated heterocycles. The zero-order valence-electron chi connectivity index (χ0n) is 22.7. The summed E-state index contributed by atoms with van der Waals surface area (Å²) in [5, 5.41) is 13.5. The molecule has 0 amide bonds. The van der Waals surface area contributed by atoms with Crippen molar-refractivity contribution in [1.29, 1.82) is 0 Å². The smallest absolute Gasteiger partial charge is 0.480 e. The molecular weight excluding hydrogens is 523 g/mol. The number of carboxylic acids is 1. The van der Waals surface area contributed by atoms with Gasteiger partial charge in [-0.05, 0) is 93.0 Å². The average Bonchev–Trinajstić information content (AvgIpc) is 3.61. The summed E-state index contributed by atoms with van der Waals surface area (Å²) in [7, 11) is 0. The second-order valence-corrected chi connectivity index (χ2v) is 11.2. The lowest BCUT2D eigenvalue weighted by Gasteiger charge is -2.27. The minimum Gasteiger partial charge on any atom is -0.480 e. The number of aryl methyl sites for hydroxylation is 2. The van der Waals surface area contributed by atoms with Crippen LogP contribution >= 0.6 is 0 Å². The third kappa shape index (κ3) is 7.87. The van der Waals surface area contributed by atoms with E-state index in [0.717, 1.165) is 81.4 Å². The van der Waals surface area contributed by atoms with Crippen LogP contribution in [0, 0.1) is 5.92 Å². The monoisotopic (exact) mass is 561 g/mol. The zero-order chi connectivity index (χ0) is 28.1. The van der Waals surface area contributed by atoms with Gasteiger partial charge in [0, 0.05) is 37.5 Å². The minimum atomic E-state index is -4.90. The summed E-state index contributed by atoms with van der Waals surface area (Å²) in [4.78, 5) is 18.8. The number of unbranched alkanes of at least 4 members (excludes halogenated alkanes) is 2. The highest BCUT2D eigenvalue weighted by Gasteiger charge is 2.39. The molecule has 2 N–H and O–H groups in total. The quantitative estimate of drug-likeness (QED) is 0.294. The number of aliphatic carboxylic acids is 1. The van der Waals surface area contributed by atoms with E-state index in [1.165, 1.54) is 11.6 Å². The lowest BCUT2D eigenvalue weighted by molar-refractivity contribution is -0.275. The number of carbonyl (C=O) groups is 1. The molecule has 1 aromatic heterocycles. The van der Waals surface area contributed by atoms with Gasteiger partial charge in [0.05, 0.1) is 6.10 Å². The molecule has 1 aromatic carbocycles. The lowest BCUT2D eigenvalue weighted by atomic mass is 9.99. The third-order valence-corrected chi connectivity index (χ3v) is 7.97. The molecule has 10 heteroatoms. The Hall–Kier alpha value is -2.85. The molecule has 2 aliphatic heterocycles. The van der Waals surface area contributed by atoms with Gasteiger partial charge in [-0.1, -0.05) is 18.6 Å². The maximum atomic E-state index is 13.1. The van der Waals surface area contributed by atoms with Gasteiger partial charge in [0.15, 0.2) is 0 Å². The highest BCUT2D eigenvalue weighted by molar-refractivity contribution is 5.77. The van der Waals surface area contributed by atoms with Crippen LogP contribution in [0.4, 0.5) is 19.0 Å². The highest BCUT2D eigenvalue weighted by Crippen LogP contribution is 2.38. The topological polar surface area (TPSA) is 83.9 Å². The van der Waals surface area contributed by atoms with Gasteiger partial charge in [-0.15, -0.1) is 13.2 Å². The summed E-state index contributed by atoms with van der Waals surface area (Å²) < 4.78 is 49.7. The summed E-state index contributed by atoms with van der Waals surface area (Å²) in [5.74, 6) is -0.110. The maximum absolute atomic E-state index is 13.1. The van der Waals surface area contributed by atoms with Crippen LogP contribution in [-0.4, -0.2) is 59.7 Å². The SMILES string of the molecule is O=C(O)[C@H](c1cc(CC2CC2)ccc1OC(F)(F)F)N1CC[C@@H](OCCCCCc2ccc3c(n2)NCCC3)C1. The summed E-state index contributed by atoms with van der Waals surface area (Å²) >= 11 is 0. The predicted octanol–water partition coefficient (Wildman–Crippen LogP) is 5.92. The average molecular weight is 562 g/mol. The number of carboxylic acid groups (broad SMARTS) is 1. The molecule has 2 fully saturated rings. The van der Waals surface area contributed by atoms with E-state index in [-0.39, 0.29) is 11.7 Å². The Morgan fingerprint density at radius 2 is 2.00 bits per heavy atom. The molecular formula is C30H38F3N3O4. The highest BCUT2D eigenvalue weighted by atomic mass is 19.4. The van der Waals surface area contributed by atoms with Crippen LogP contribution in [-0.2, 0) is 28.8 Å². The molecule has 0 unspecified atom stereocenters. The van der Waals surface area contributed by atoms with Crippen LogP contribution in [0.1, 0.15) is 73.4 Å². The van der Waals surface area contributed by atoms with Crippen molar-refractivity contribution >= 4 is 11.8 Å². The number of pyridine rings is 1. The molecule has 7 nitrogen and oxygen atoms in total. The van der Waals surface area contributed by atoms with Crippen LogP contribution in [0.2, 0.25) is 0 Å². The van der Waals surface area contributed by atoms with Crippen molar-refractivity contribution in [2.24, 2.45) is 5.92 Å². The molecule has 2 atom stereocenters. The van der Waals surface area contributed by atoms with Crippen LogP contribution in [0.15, 0.2) is 30.3 Å². The fourth-order valence-electron chi connectivity index (χ4n) is 5.76. The van der Waals surface area contributed by atoms with E-state index in [2.05, 4.69) is 22.2 Å². The number of nitrogens with zero attached hydrogens (tertiary/aromatic N) is 2. The maximum Gasteiger partial charge on any atom is 0.573 e. The zero-order valence-corrected chi connectivity index (χ0v) is 22.7. The Labute approximate surface area is 233 Å².